The maximum absolute atomic E-state index is 5.27. The van der Waals surface area contributed by atoms with Gasteiger partial charge in [0, 0.05) is 20.3 Å². The van der Waals surface area contributed by atoms with E-state index in [2.05, 4.69) is 20.3 Å². The summed E-state index contributed by atoms with van der Waals surface area (Å²) in [7, 11) is 1.70. The molecule has 7 nitrogen and oxygen atoms in total. The molecule has 3 heterocycles. The molecule has 0 N–H and O–H groups in total. The first-order chi connectivity index (χ1) is 10.9. The van der Waals surface area contributed by atoms with Gasteiger partial charge >= 0.3 is 0 Å². The third-order valence-corrected chi connectivity index (χ3v) is 4.69. The zero-order valence-electron chi connectivity index (χ0n) is 12.0. The highest BCUT2D eigenvalue weighted by Crippen LogP contribution is 2.25. The highest BCUT2D eigenvalue weighted by molar-refractivity contribution is 7.98. The normalized spacial score (nSPS) is 11.1. The Morgan fingerprint density at radius 3 is 3.23 bits per heavy atom. The van der Waals surface area contributed by atoms with Gasteiger partial charge in [-0.15, -0.1) is 21.5 Å². The van der Waals surface area contributed by atoms with Crippen LogP contribution in [-0.4, -0.2) is 38.6 Å². The van der Waals surface area contributed by atoms with Crippen LogP contribution in [0.2, 0.25) is 0 Å². The Kier molecular flexibility index (Phi) is 5.20. The molecule has 3 rings (SSSR count). The quantitative estimate of drug-likeness (QED) is 0.462. The van der Waals surface area contributed by atoms with E-state index < -0.39 is 0 Å². The number of ether oxygens (including phenoxy) is 1. The van der Waals surface area contributed by atoms with Crippen LogP contribution in [0.3, 0.4) is 0 Å². The van der Waals surface area contributed by atoms with E-state index in [1.165, 1.54) is 0 Å². The zero-order chi connectivity index (χ0) is 15.2. The first-order valence-electron chi connectivity index (χ1n) is 6.73. The summed E-state index contributed by atoms with van der Waals surface area (Å²) in [5.41, 5.74) is 0. The molecule has 3 aromatic heterocycles. The van der Waals surface area contributed by atoms with E-state index in [0.717, 1.165) is 29.6 Å². The molecule has 3 aromatic rings. The van der Waals surface area contributed by atoms with Crippen LogP contribution in [0.1, 0.15) is 12.2 Å². The molecule has 0 amide bonds. The minimum atomic E-state index is 0.562. The van der Waals surface area contributed by atoms with Crippen molar-refractivity contribution in [2.24, 2.45) is 0 Å². The summed E-state index contributed by atoms with van der Waals surface area (Å²) >= 11 is 3.12. The number of hydrogen-bond donors (Lipinski definition) is 0. The number of aromatic nitrogens is 5. The third-order valence-electron chi connectivity index (χ3n) is 2.86. The van der Waals surface area contributed by atoms with Gasteiger partial charge in [0.2, 0.25) is 0 Å². The van der Waals surface area contributed by atoms with Crippen LogP contribution in [0.25, 0.3) is 10.8 Å². The van der Waals surface area contributed by atoms with E-state index in [4.69, 9.17) is 9.26 Å². The van der Waals surface area contributed by atoms with Crippen molar-refractivity contribution in [1.29, 1.82) is 0 Å². The van der Waals surface area contributed by atoms with Crippen molar-refractivity contribution in [1.82, 2.24) is 24.9 Å². The lowest BCUT2D eigenvalue weighted by Crippen LogP contribution is -2.02. The van der Waals surface area contributed by atoms with E-state index >= 15 is 0 Å². The van der Waals surface area contributed by atoms with Gasteiger partial charge in [0.15, 0.2) is 11.0 Å². The van der Waals surface area contributed by atoms with E-state index in [9.17, 15) is 0 Å². The Labute approximate surface area is 135 Å². The SMILES string of the molecule is COCCCn1cnnc1SCc1noc(-c2cccs2)n1. The van der Waals surface area contributed by atoms with Crippen LogP contribution in [-0.2, 0) is 17.0 Å². The zero-order valence-corrected chi connectivity index (χ0v) is 13.6. The molecule has 0 fully saturated rings. The molecule has 0 aliphatic carbocycles. The monoisotopic (exact) mass is 337 g/mol. The summed E-state index contributed by atoms with van der Waals surface area (Å²) in [4.78, 5) is 5.37. The molecule has 116 valence electrons. The van der Waals surface area contributed by atoms with Crippen molar-refractivity contribution in [2.75, 3.05) is 13.7 Å². The number of thiophene rings is 1. The number of aryl methyl sites for hydroxylation is 1. The topological polar surface area (TPSA) is 78.9 Å². The van der Waals surface area contributed by atoms with Gasteiger partial charge in [-0.3, -0.25) is 0 Å². The second kappa shape index (κ2) is 7.52. The average Bonchev–Trinajstić information content (AvgIpc) is 3.26. The van der Waals surface area contributed by atoms with Crippen molar-refractivity contribution in [3.8, 4) is 10.8 Å². The van der Waals surface area contributed by atoms with Gasteiger partial charge < -0.3 is 13.8 Å². The van der Waals surface area contributed by atoms with Gasteiger partial charge in [0.25, 0.3) is 5.89 Å². The van der Waals surface area contributed by atoms with Crippen LogP contribution in [0.15, 0.2) is 33.5 Å². The molecular weight excluding hydrogens is 322 g/mol. The number of hydrogen-bond acceptors (Lipinski definition) is 8. The molecule has 0 atom stereocenters. The lowest BCUT2D eigenvalue weighted by atomic mass is 10.4. The molecule has 0 saturated heterocycles. The van der Waals surface area contributed by atoms with Crippen LogP contribution in [0.5, 0.6) is 0 Å². The van der Waals surface area contributed by atoms with E-state index in [-0.39, 0.29) is 0 Å². The maximum Gasteiger partial charge on any atom is 0.268 e. The largest absolute Gasteiger partial charge is 0.385 e. The Morgan fingerprint density at radius 2 is 2.41 bits per heavy atom. The lowest BCUT2D eigenvalue weighted by Gasteiger charge is -2.04. The summed E-state index contributed by atoms with van der Waals surface area (Å²) in [6, 6.07) is 3.92. The average molecular weight is 337 g/mol. The highest BCUT2D eigenvalue weighted by atomic mass is 32.2. The second-order valence-corrected chi connectivity index (χ2v) is 6.33. The first-order valence-corrected chi connectivity index (χ1v) is 8.59. The predicted octanol–water partition coefficient (Wildman–Crippen LogP) is 2.72. The summed E-state index contributed by atoms with van der Waals surface area (Å²) < 4.78 is 12.3. The molecule has 0 aliphatic rings. The Morgan fingerprint density at radius 1 is 1.45 bits per heavy atom. The Balaban J connectivity index is 1.58. The third kappa shape index (κ3) is 3.73. The van der Waals surface area contributed by atoms with E-state index in [1.54, 1.807) is 36.5 Å². The molecule has 9 heteroatoms. The molecule has 0 saturated carbocycles. The molecule has 0 bridgehead atoms. The first kappa shape index (κ1) is 15.2. The summed E-state index contributed by atoms with van der Waals surface area (Å²) in [6.07, 6.45) is 2.65. The van der Waals surface area contributed by atoms with Crippen molar-refractivity contribution in [3.63, 3.8) is 0 Å². The van der Waals surface area contributed by atoms with Gasteiger partial charge in [-0.25, -0.2) is 0 Å². The second-order valence-electron chi connectivity index (χ2n) is 4.43. The van der Waals surface area contributed by atoms with E-state index in [0.29, 0.717) is 17.5 Å². The number of rotatable bonds is 8. The number of nitrogens with zero attached hydrogens (tertiary/aromatic N) is 5. The van der Waals surface area contributed by atoms with Crippen molar-refractivity contribution in [2.45, 2.75) is 23.9 Å². The molecule has 22 heavy (non-hydrogen) atoms. The molecular formula is C13H15N5O2S2. The molecule has 0 spiro atoms. The van der Waals surface area contributed by atoms with Crippen LogP contribution in [0, 0.1) is 0 Å². The maximum atomic E-state index is 5.27. The van der Waals surface area contributed by atoms with Crippen molar-refractivity contribution >= 4 is 23.1 Å². The summed E-state index contributed by atoms with van der Waals surface area (Å²) in [5.74, 6) is 1.81. The Hall–Kier alpha value is -1.71. The molecule has 0 aromatic carbocycles. The van der Waals surface area contributed by atoms with Gasteiger partial charge in [0.1, 0.15) is 6.33 Å². The fourth-order valence-corrected chi connectivity index (χ4v) is 3.26. The number of thioether (sulfide) groups is 1. The summed E-state index contributed by atoms with van der Waals surface area (Å²) in [6.45, 7) is 1.55. The fourth-order valence-electron chi connectivity index (χ4n) is 1.83. The van der Waals surface area contributed by atoms with Gasteiger partial charge in [-0.05, 0) is 17.9 Å². The Bertz CT molecular complexity index is 695. The predicted molar refractivity (Wildman–Crippen MR) is 83.7 cm³/mol. The molecule has 0 unspecified atom stereocenters. The van der Waals surface area contributed by atoms with Gasteiger partial charge in [-0.2, -0.15) is 4.98 Å². The van der Waals surface area contributed by atoms with Gasteiger partial charge in [-0.1, -0.05) is 23.0 Å². The summed E-state index contributed by atoms with van der Waals surface area (Å²) in [5, 5.41) is 14.9. The molecule has 0 aliphatic heterocycles. The highest BCUT2D eigenvalue weighted by Gasteiger charge is 2.12. The van der Waals surface area contributed by atoms with Gasteiger partial charge in [0.05, 0.1) is 10.6 Å². The molecule has 0 radical (unpaired) electrons. The number of methoxy groups -OCH3 is 1. The van der Waals surface area contributed by atoms with Crippen LogP contribution < -0.4 is 0 Å². The fraction of sp³-hybridized carbons (Fsp3) is 0.385. The standard InChI is InChI=1S/C13H15N5O2S2/c1-19-6-3-5-18-9-14-16-13(18)22-8-11-15-12(20-17-11)10-4-2-7-21-10/h2,4,7,9H,3,5-6,8H2,1H3. The van der Waals surface area contributed by atoms with Crippen molar-refractivity contribution < 1.29 is 9.26 Å². The van der Waals surface area contributed by atoms with Crippen LogP contribution in [0.4, 0.5) is 0 Å². The lowest BCUT2D eigenvalue weighted by molar-refractivity contribution is 0.189. The van der Waals surface area contributed by atoms with Crippen molar-refractivity contribution in [3.05, 3.63) is 29.7 Å². The van der Waals surface area contributed by atoms with Crippen LogP contribution >= 0.6 is 23.1 Å². The minimum Gasteiger partial charge on any atom is -0.385 e. The van der Waals surface area contributed by atoms with E-state index in [1.807, 2.05) is 22.1 Å². The minimum absolute atomic E-state index is 0.562. The smallest absolute Gasteiger partial charge is 0.268 e.